The average Bonchev–Trinajstić information content (AvgIpc) is 3.00. The molecule has 6 atom stereocenters. The standard InChI is InChI=1S/C32H57N7O11/c1-16(2)14-22(29(46)39-26(18(5)6)32(49)50)37-30(47)23(15-40)38-28(45)21(11-12-24(42)43)35-27(44)20(10-8-9-13-33)36-31(48)25(17(3)4)34-19(7)41/h16-18,20-23,25-26,40H,8-15,33H2,1-7H3,(H,34,41)(H,35,44)(H,36,48)(H,37,47)(H,38,45)(H,39,46)(H,42,43)(H,49,50)/t20-,21-,22-,23-,25-,26-/m0/s1. The summed E-state index contributed by atoms with van der Waals surface area (Å²) < 4.78 is 0. The Labute approximate surface area is 292 Å². The number of carbonyl (C=O) groups excluding carboxylic acids is 6. The van der Waals surface area contributed by atoms with Crippen LogP contribution in [-0.2, 0) is 38.4 Å². The molecule has 0 heterocycles. The van der Waals surface area contributed by atoms with Gasteiger partial charge in [-0.3, -0.25) is 33.6 Å². The van der Waals surface area contributed by atoms with Crippen LogP contribution in [0.15, 0.2) is 0 Å². The summed E-state index contributed by atoms with van der Waals surface area (Å²) in [6, 6.07) is -7.86. The van der Waals surface area contributed by atoms with E-state index >= 15 is 0 Å². The molecule has 0 aliphatic carbocycles. The van der Waals surface area contributed by atoms with Crippen LogP contribution in [0, 0.1) is 17.8 Å². The number of hydrogen-bond donors (Lipinski definition) is 10. The second-order valence-corrected chi connectivity index (χ2v) is 13.3. The Hall–Kier alpha value is -4.32. The quantitative estimate of drug-likeness (QED) is 0.0503. The minimum Gasteiger partial charge on any atom is -0.481 e. The smallest absolute Gasteiger partial charge is 0.326 e. The number of aliphatic hydroxyl groups excluding tert-OH is 1. The zero-order chi connectivity index (χ0) is 38.7. The van der Waals surface area contributed by atoms with E-state index in [1.54, 1.807) is 41.5 Å². The molecular formula is C32H57N7O11. The third-order valence-corrected chi connectivity index (χ3v) is 7.55. The number of unbranched alkanes of at least 4 members (excludes halogenated alkanes) is 1. The van der Waals surface area contributed by atoms with Gasteiger partial charge in [0, 0.05) is 13.3 Å². The van der Waals surface area contributed by atoms with Crippen molar-refractivity contribution in [3.63, 3.8) is 0 Å². The van der Waals surface area contributed by atoms with Gasteiger partial charge in [-0.15, -0.1) is 0 Å². The largest absolute Gasteiger partial charge is 0.481 e. The molecule has 11 N–H and O–H groups in total. The Morgan fingerprint density at radius 1 is 0.580 bits per heavy atom. The monoisotopic (exact) mass is 715 g/mol. The van der Waals surface area contributed by atoms with Crippen molar-refractivity contribution in [3.05, 3.63) is 0 Å². The Morgan fingerprint density at radius 3 is 1.48 bits per heavy atom. The predicted octanol–water partition coefficient (Wildman–Crippen LogP) is -1.66. The SMILES string of the molecule is CC(=O)N[C@H](C(=O)N[C@@H](CCCCN)C(=O)N[C@@H](CCC(=O)O)C(=O)N[C@@H](CO)C(=O)N[C@@H](CC(C)C)C(=O)N[C@H](C(=O)O)C(C)C)C(C)C. The Kier molecular flexibility index (Phi) is 21.2. The van der Waals surface area contributed by atoms with Crippen molar-refractivity contribution in [3.8, 4) is 0 Å². The Bertz CT molecular complexity index is 1180. The van der Waals surface area contributed by atoms with Gasteiger partial charge in [-0.1, -0.05) is 41.5 Å². The zero-order valence-corrected chi connectivity index (χ0v) is 30.0. The van der Waals surface area contributed by atoms with E-state index in [0.29, 0.717) is 19.4 Å². The van der Waals surface area contributed by atoms with Crippen molar-refractivity contribution in [2.75, 3.05) is 13.2 Å². The van der Waals surface area contributed by atoms with Gasteiger partial charge >= 0.3 is 11.9 Å². The number of amides is 6. The van der Waals surface area contributed by atoms with Gasteiger partial charge in [0.1, 0.15) is 36.3 Å². The van der Waals surface area contributed by atoms with Crippen LogP contribution < -0.4 is 37.6 Å². The van der Waals surface area contributed by atoms with Gasteiger partial charge < -0.3 is 53.0 Å². The van der Waals surface area contributed by atoms with Gasteiger partial charge in [0.25, 0.3) is 0 Å². The second-order valence-electron chi connectivity index (χ2n) is 13.3. The Morgan fingerprint density at radius 2 is 1.04 bits per heavy atom. The van der Waals surface area contributed by atoms with Crippen molar-refractivity contribution in [2.24, 2.45) is 23.5 Å². The van der Waals surface area contributed by atoms with Crippen molar-refractivity contribution in [1.29, 1.82) is 0 Å². The summed E-state index contributed by atoms with van der Waals surface area (Å²) in [6.07, 6.45) is 0.0687. The third kappa shape index (κ3) is 17.4. The lowest BCUT2D eigenvalue weighted by molar-refractivity contribution is -0.143. The number of aliphatic hydroxyl groups is 1. The van der Waals surface area contributed by atoms with E-state index in [0.717, 1.165) is 0 Å². The molecule has 50 heavy (non-hydrogen) atoms. The van der Waals surface area contributed by atoms with Gasteiger partial charge in [-0.25, -0.2) is 4.79 Å². The number of aliphatic carboxylic acids is 2. The van der Waals surface area contributed by atoms with Crippen LogP contribution in [0.5, 0.6) is 0 Å². The normalized spacial score (nSPS) is 14.8. The van der Waals surface area contributed by atoms with E-state index in [1.807, 2.05) is 0 Å². The summed E-state index contributed by atoms with van der Waals surface area (Å²) in [4.78, 5) is 101. The number of nitrogens with one attached hydrogen (secondary N) is 6. The van der Waals surface area contributed by atoms with Crippen LogP contribution >= 0.6 is 0 Å². The molecule has 0 saturated heterocycles. The van der Waals surface area contributed by atoms with Crippen LogP contribution in [-0.4, -0.2) is 112 Å². The van der Waals surface area contributed by atoms with E-state index < -0.39 is 109 Å². The molecule has 286 valence electrons. The molecule has 18 heteroatoms. The third-order valence-electron chi connectivity index (χ3n) is 7.55. The first-order valence-electron chi connectivity index (χ1n) is 16.8. The van der Waals surface area contributed by atoms with Crippen molar-refractivity contribution < 1.29 is 53.7 Å². The summed E-state index contributed by atoms with van der Waals surface area (Å²) in [5.74, 6) is -8.31. The molecule has 0 aromatic carbocycles. The van der Waals surface area contributed by atoms with Crippen LogP contribution in [0.3, 0.4) is 0 Å². The van der Waals surface area contributed by atoms with Gasteiger partial charge in [0.05, 0.1) is 6.61 Å². The molecule has 6 amide bonds. The number of rotatable bonds is 24. The molecule has 0 aromatic rings. The molecule has 0 saturated carbocycles. The van der Waals surface area contributed by atoms with E-state index in [1.165, 1.54) is 6.92 Å². The lowest BCUT2D eigenvalue weighted by Gasteiger charge is -2.28. The molecule has 0 rings (SSSR count). The fourth-order valence-corrected chi connectivity index (χ4v) is 4.80. The van der Waals surface area contributed by atoms with Gasteiger partial charge in [0.15, 0.2) is 0 Å². The van der Waals surface area contributed by atoms with Crippen molar-refractivity contribution in [1.82, 2.24) is 31.9 Å². The lowest BCUT2D eigenvalue weighted by atomic mass is 10.00. The number of hydrogen-bond acceptors (Lipinski definition) is 10. The van der Waals surface area contributed by atoms with E-state index in [-0.39, 0.29) is 24.7 Å². The molecule has 18 nitrogen and oxygen atoms in total. The first-order chi connectivity index (χ1) is 23.2. The van der Waals surface area contributed by atoms with E-state index in [2.05, 4.69) is 31.9 Å². The zero-order valence-electron chi connectivity index (χ0n) is 30.0. The van der Waals surface area contributed by atoms with Crippen LogP contribution in [0.2, 0.25) is 0 Å². The maximum atomic E-state index is 13.5. The van der Waals surface area contributed by atoms with Crippen molar-refractivity contribution >= 4 is 47.4 Å². The average molecular weight is 716 g/mol. The molecule has 0 spiro atoms. The molecule has 0 fully saturated rings. The topological polar surface area (TPSA) is 295 Å². The summed E-state index contributed by atoms with van der Waals surface area (Å²) in [5, 5.41) is 43.4. The van der Waals surface area contributed by atoms with E-state index in [9.17, 15) is 53.7 Å². The highest BCUT2D eigenvalue weighted by molar-refractivity contribution is 5.97. The Balaban J connectivity index is 6.11. The molecule has 0 aliphatic rings. The first-order valence-corrected chi connectivity index (χ1v) is 16.8. The molecular weight excluding hydrogens is 658 g/mol. The van der Waals surface area contributed by atoms with Gasteiger partial charge in [0.2, 0.25) is 35.4 Å². The van der Waals surface area contributed by atoms with Crippen LogP contribution in [0.4, 0.5) is 0 Å². The van der Waals surface area contributed by atoms with Crippen LogP contribution in [0.1, 0.15) is 87.0 Å². The summed E-state index contributed by atoms with van der Waals surface area (Å²) in [6.45, 7) is 10.7. The van der Waals surface area contributed by atoms with E-state index in [4.69, 9.17) is 5.73 Å². The minimum absolute atomic E-state index is 0.0856. The highest BCUT2D eigenvalue weighted by Gasteiger charge is 2.34. The summed E-state index contributed by atoms with van der Waals surface area (Å²) in [7, 11) is 0. The van der Waals surface area contributed by atoms with Gasteiger partial charge in [-0.2, -0.15) is 0 Å². The number of carbonyl (C=O) groups is 8. The fourth-order valence-electron chi connectivity index (χ4n) is 4.80. The molecule has 0 bridgehead atoms. The fraction of sp³-hybridized carbons (Fsp3) is 0.750. The molecule has 0 aromatic heterocycles. The lowest BCUT2D eigenvalue weighted by Crippen LogP contribution is -2.60. The second kappa shape index (κ2) is 23.2. The number of nitrogens with two attached hydrogens (primary N) is 1. The summed E-state index contributed by atoms with van der Waals surface area (Å²) >= 11 is 0. The number of carboxylic acid groups (broad SMARTS) is 2. The molecule has 0 unspecified atom stereocenters. The number of carboxylic acids is 2. The predicted molar refractivity (Wildman–Crippen MR) is 181 cm³/mol. The van der Waals surface area contributed by atoms with Crippen LogP contribution in [0.25, 0.3) is 0 Å². The van der Waals surface area contributed by atoms with Gasteiger partial charge in [-0.05, 0) is 56.4 Å². The maximum Gasteiger partial charge on any atom is 0.326 e. The highest BCUT2D eigenvalue weighted by atomic mass is 16.4. The minimum atomic E-state index is -1.65. The summed E-state index contributed by atoms with van der Waals surface area (Å²) in [5.41, 5.74) is 5.58. The highest BCUT2D eigenvalue weighted by Crippen LogP contribution is 2.10. The maximum absolute atomic E-state index is 13.5. The first kappa shape index (κ1) is 45.7. The molecule has 0 radical (unpaired) electrons. The molecule has 0 aliphatic heterocycles. The van der Waals surface area contributed by atoms with Crippen molar-refractivity contribution in [2.45, 2.75) is 123 Å².